The number of rotatable bonds is 5. The second-order valence-electron chi connectivity index (χ2n) is 7.08. The molecular formula is C22H25N3OS. The Morgan fingerprint density at radius 2 is 1.96 bits per heavy atom. The predicted octanol–water partition coefficient (Wildman–Crippen LogP) is 4.71. The first-order valence-electron chi connectivity index (χ1n) is 9.43. The fourth-order valence-electron chi connectivity index (χ4n) is 3.64. The second-order valence-corrected chi connectivity index (χ2v) is 8.30. The van der Waals surface area contributed by atoms with Crippen LogP contribution in [0.1, 0.15) is 22.8 Å². The summed E-state index contributed by atoms with van der Waals surface area (Å²) in [5, 5.41) is 4.38. The minimum absolute atomic E-state index is 0.101. The summed E-state index contributed by atoms with van der Waals surface area (Å²) in [5.74, 6) is 2.48. The number of fused-ring (bicyclic) bond motifs is 1. The molecule has 2 aromatic carbocycles. The van der Waals surface area contributed by atoms with Gasteiger partial charge in [-0.05, 0) is 43.7 Å². The van der Waals surface area contributed by atoms with Gasteiger partial charge in [-0.1, -0.05) is 18.2 Å². The van der Waals surface area contributed by atoms with E-state index in [1.54, 1.807) is 0 Å². The first-order chi connectivity index (χ1) is 13.1. The van der Waals surface area contributed by atoms with E-state index < -0.39 is 0 Å². The predicted molar refractivity (Wildman–Crippen MR) is 116 cm³/mol. The largest absolute Gasteiger partial charge is 0.375 e. The molecular weight excluding hydrogens is 354 g/mol. The number of hydrogen-bond acceptors (Lipinski definition) is 4. The summed E-state index contributed by atoms with van der Waals surface area (Å²) in [7, 11) is 0. The van der Waals surface area contributed by atoms with E-state index in [0.29, 0.717) is 0 Å². The van der Waals surface area contributed by atoms with Crippen molar-refractivity contribution in [1.82, 2.24) is 4.98 Å². The van der Waals surface area contributed by atoms with Gasteiger partial charge in [-0.2, -0.15) is 11.8 Å². The van der Waals surface area contributed by atoms with Crippen LogP contribution in [-0.4, -0.2) is 41.4 Å². The van der Waals surface area contributed by atoms with Gasteiger partial charge in [-0.15, -0.1) is 0 Å². The molecule has 3 aromatic rings. The lowest BCUT2D eigenvalue weighted by molar-refractivity contribution is 0.0977. The number of nitrogens with one attached hydrogen (secondary N) is 2. The SMILES string of the molecule is Cc1cc(N2CCSCC2)ccc1NC(C)C(=O)c1c[nH]c2ccccc12. The van der Waals surface area contributed by atoms with Crippen molar-refractivity contribution in [2.75, 3.05) is 34.8 Å². The van der Waals surface area contributed by atoms with E-state index >= 15 is 0 Å². The number of benzene rings is 2. The van der Waals surface area contributed by atoms with Crippen LogP contribution < -0.4 is 10.2 Å². The number of aromatic nitrogens is 1. The van der Waals surface area contributed by atoms with Crippen molar-refractivity contribution in [3.8, 4) is 0 Å². The van der Waals surface area contributed by atoms with Crippen LogP contribution >= 0.6 is 11.8 Å². The van der Waals surface area contributed by atoms with E-state index in [0.717, 1.165) is 35.2 Å². The first-order valence-corrected chi connectivity index (χ1v) is 10.6. The van der Waals surface area contributed by atoms with Gasteiger partial charge in [0.25, 0.3) is 0 Å². The van der Waals surface area contributed by atoms with Crippen molar-refractivity contribution in [1.29, 1.82) is 0 Å². The Hall–Kier alpha value is -2.40. The van der Waals surface area contributed by atoms with Gasteiger partial charge in [-0.25, -0.2) is 0 Å². The minimum atomic E-state index is -0.292. The van der Waals surface area contributed by atoms with E-state index in [2.05, 4.69) is 40.3 Å². The molecule has 1 saturated heterocycles. The molecule has 1 unspecified atom stereocenters. The maximum atomic E-state index is 13.0. The number of anilines is 2. The zero-order valence-electron chi connectivity index (χ0n) is 15.8. The highest BCUT2D eigenvalue weighted by Gasteiger charge is 2.19. The smallest absolute Gasteiger partial charge is 0.186 e. The van der Waals surface area contributed by atoms with Crippen molar-refractivity contribution in [3.63, 3.8) is 0 Å². The molecule has 0 saturated carbocycles. The second kappa shape index (κ2) is 7.69. The number of carbonyl (C=O) groups is 1. The van der Waals surface area contributed by atoms with Gasteiger partial charge < -0.3 is 15.2 Å². The van der Waals surface area contributed by atoms with Crippen molar-refractivity contribution >= 4 is 39.8 Å². The standard InChI is InChI=1S/C22H25N3OS/c1-15-13-17(25-9-11-27-12-10-25)7-8-20(15)24-16(2)22(26)19-14-23-21-6-4-3-5-18(19)21/h3-8,13-14,16,23-24H,9-12H2,1-2H3. The molecule has 1 aliphatic rings. The molecule has 1 aromatic heterocycles. The monoisotopic (exact) mass is 379 g/mol. The van der Waals surface area contributed by atoms with E-state index in [1.165, 1.54) is 22.8 Å². The van der Waals surface area contributed by atoms with Crippen LogP contribution in [0.3, 0.4) is 0 Å². The number of thioether (sulfide) groups is 1. The highest BCUT2D eigenvalue weighted by Crippen LogP contribution is 2.26. The Labute approximate surface area is 164 Å². The number of H-pyrrole nitrogens is 1. The Morgan fingerprint density at radius 1 is 1.19 bits per heavy atom. The molecule has 0 aliphatic carbocycles. The number of Topliss-reactive ketones (excluding diaryl/α,β-unsaturated/α-hetero) is 1. The Bertz CT molecular complexity index is 959. The maximum Gasteiger partial charge on any atom is 0.186 e. The van der Waals surface area contributed by atoms with Gasteiger partial charge in [-0.3, -0.25) is 4.79 Å². The summed E-state index contributed by atoms with van der Waals surface area (Å²) >= 11 is 2.02. The molecule has 1 aliphatic heterocycles. The number of ketones is 1. The topological polar surface area (TPSA) is 48.1 Å². The Kier molecular flexibility index (Phi) is 5.12. The van der Waals surface area contributed by atoms with E-state index in [-0.39, 0.29) is 11.8 Å². The Balaban J connectivity index is 1.50. The quantitative estimate of drug-likeness (QED) is 0.630. The lowest BCUT2D eigenvalue weighted by Crippen LogP contribution is -2.32. The van der Waals surface area contributed by atoms with E-state index in [1.807, 2.05) is 49.1 Å². The van der Waals surface area contributed by atoms with E-state index in [4.69, 9.17) is 0 Å². The van der Waals surface area contributed by atoms with Gasteiger partial charge in [0.05, 0.1) is 6.04 Å². The molecule has 2 N–H and O–H groups in total. The number of hydrogen-bond donors (Lipinski definition) is 2. The third-order valence-electron chi connectivity index (χ3n) is 5.21. The number of para-hydroxylation sites is 1. The normalized spacial score (nSPS) is 15.7. The summed E-state index contributed by atoms with van der Waals surface area (Å²) in [5.41, 5.74) is 5.20. The molecule has 0 amide bonds. The van der Waals surface area contributed by atoms with Crippen molar-refractivity contribution < 1.29 is 4.79 Å². The highest BCUT2D eigenvalue weighted by atomic mass is 32.2. The minimum Gasteiger partial charge on any atom is -0.375 e. The van der Waals surface area contributed by atoms with Gasteiger partial charge >= 0.3 is 0 Å². The summed E-state index contributed by atoms with van der Waals surface area (Å²) in [4.78, 5) is 18.6. The lowest BCUT2D eigenvalue weighted by atomic mass is 10.0. The van der Waals surface area contributed by atoms with Gasteiger partial charge in [0, 0.05) is 58.6 Å². The summed E-state index contributed by atoms with van der Waals surface area (Å²) in [6, 6.07) is 14.1. The number of nitrogens with zero attached hydrogens (tertiary/aromatic N) is 1. The van der Waals surface area contributed by atoms with E-state index in [9.17, 15) is 4.79 Å². The third-order valence-corrected chi connectivity index (χ3v) is 6.15. The van der Waals surface area contributed by atoms with Crippen molar-refractivity contribution in [3.05, 3.63) is 59.8 Å². The molecule has 27 heavy (non-hydrogen) atoms. The molecule has 5 heteroatoms. The molecule has 1 fully saturated rings. The molecule has 1 atom stereocenters. The molecule has 140 valence electrons. The average molecular weight is 380 g/mol. The molecule has 0 spiro atoms. The number of aromatic amines is 1. The van der Waals surface area contributed by atoms with Crippen LogP contribution in [0, 0.1) is 6.92 Å². The third kappa shape index (κ3) is 3.69. The summed E-state index contributed by atoms with van der Waals surface area (Å²) < 4.78 is 0. The van der Waals surface area contributed by atoms with Crippen LogP contribution in [0.4, 0.5) is 11.4 Å². The average Bonchev–Trinajstić information content (AvgIpc) is 3.13. The fraction of sp³-hybridized carbons (Fsp3) is 0.318. The van der Waals surface area contributed by atoms with Crippen LogP contribution in [-0.2, 0) is 0 Å². The van der Waals surface area contributed by atoms with Crippen LogP contribution in [0.25, 0.3) is 10.9 Å². The fourth-order valence-corrected chi connectivity index (χ4v) is 4.54. The molecule has 0 bridgehead atoms. The first kappa shape index (κ1) is 18.0. The molecule has 4 rings (SSSR count). The molecule has 4 nitrogen and oxygen atoms in total. The van der Waals surface area contributed by atoms with Gasteiger partial charge in [0.15, 0.2) is 5.78 Å². The van der Waals surface area contributed by atoms with Crippen LogP contribution in [0.15, 0.2) is 48.7 Å². The van der Waals surface area contributed by atoms with Crippen LogP contribution in [0.2, 0.25) is 0 Å². The van der Waals surface area contributed by atoms with Gasteiger partial charge in [0.1, 0.15) is 0 Å². The molecule has 2 heterocycles. The van der Waals surface area contributed by atoms with Crippen molar-refractivity contribution in [2.45, 2.75) is 19.9 Å². The van der Waals surface area contributed by atoms with Gasteiger partial charge in [0.2, 0.25) is 0 Å². The maximum absolute atomic E-state index is 13.0. The zero-order chi connectivity index (χ0) is 18.8. The Morgan fingerprint density at radius 3 is 2.74 bits per heavy atom. The lowest BCUT2D eigenvalue weighted by Gasteiger charge is -2.29. The number of carbonyl (C=O) groups excluding carboxylic acids is 1. The summed E-state index contributed by atoms with van der Waals surface area (Å²) in [6.45, 7) is 6.24. The highest BCUT2D eigenvalue weighted by molar-refractivity contribution is 7.99. The van der Waals surface area contributed by atoms with Crippen LogP contribution in [0.5, 0.6) is 0 Å². The zero-order valence-corrected chi connectivity index (χ0v) is 16.6. The van der Waals surface area contributed by atoms with Crippen molar-refractivity contribution in [2.24, 2.45) is 0 Å². The molecule has 0 radical (unpaired) electrons. The number of aryl methyl sites for hydroxylation is 1. The summed E-state index contributed by atoms with van der Waals surface area (Å²) in [6.07, 6.45) is 1.81.